The number of ether oxygens (including phenoxy) is 1. The van der Waals surface area contributed by atoms with Gasteiger partial charge in [-0.15, -0.1) is 0 Å². The van der Waals surface area contributed by atoms with E-state index in [-0.39, 0.29) is 17.2 Å². The van der Waals surface area contributed by atoms with Crippen molar-refractivity contribution >= 4 is 11.6 Å². The molecule has 6 heteroatoms. The second-order valence-electron chi connectivity index (χ2n) is 3.96. The Balaban J connectivity index is 2.42. The number of rotatable bonds is 3. The number of amides is 1. The highest BCUT2D eigenvalue weighted by atomic mass is 19.1. The van der Waals surface area contributed by atoms with E-state index in [1.54, 1.807) is 6.92 Å². The van der Waals surface area contributed by atoms with Crippen LogP contribution in [0.25, 0.3) is 0 Å². The first-order valence-electron chi connectivity index (χ1n) is 5.47. The molecule has 4 N–H and O–H groups in total. The quantitative estimate of drug-likeness (QED) is 0.827. The van der Waals surface area contributed by atoms with Crippen LogP contribution in [0.1, 0.15) is 15.9 Å². The zero-order valence-corrected chi connectivity index (χ0v) is 10.2. The minimum Gasteiger partial charge on any atom is -0.435 e. The summed E-state index contributed by atoms with van der Waals surface area (Å²) >= 11 is 0. The maximum Gasteiger partial charge on any atom is 0.254 e. The molecule has 1 heterocycles. The Morgan fingerprint density at radius 1 is 1.42 bits per heavy atom. The van der Waals surface area contributed by atoms with Crippen LogP contribution in [0.15, 0.2) is 30.5 Å². The molecule has 98 valence electrons. The van der Waals surface area contributed by atoms with Crippen LogP contribution >= 0.6 is 0 Å². The van der Waals surface area contributed by atoms with Gasteiger partial charge in [-0.3, -0.25) is 4.79 Å². The molecule has 2 rings (SSSR count). The van der Waals surface area contributed by atoms with Gasteiger partial charge < -0.3 is 16.2 Å². The summed E-state index contributed by atoms with van der Waals surface area (Å²) in [5.41, 5.74) is 11.8. The van der Waals surface area contributed by atoms with E-state index in [1.807, 2.05) is 0 Å². The van der Waals surface area contributed by atoms with Crippen LogP contribution in [-0.4, -0.2) is 10.9 Å². The van der Waals surface area contributed by atoms with E-state index < -0.39 is 11.7 Å². The topological polar surface area (TPSA) is 91.2 Å². The predicted molar refractivity (Wildman–Crippen MR) is 68.4 cm³/mol. The van der Waals surface area contributed by atoms with Gasteiger partial charge in [-0.2, -0.15) is 0 Å². The van der Waals surface area contributed by atoms with Crippen LogP contribution < -0.4 is 16.2 Å². The van der Waals surface area contributed by atoms with Gasteiger partial charge in [-0.05, 0) is 30.7 Å². The largest absolute Gasteiger partial charge is 0.435 e. The molecule has 0 aliphatic rings. The summed E-state index contributed by atoms with van der Waals surface area (Å²) in [5.74, 6) is -1.44. The molecule has 0 aliphatic heterocycles. The minimum absolute atomic E-state index is 0.0435. The molecule has 0 atom stereocenters. The van der Waals surface area contributed by atoms with Crippen LogP contribution in [-0.2, 0) is 0 Å². The number of carbonyl (C=O) groups excluding carboxylic acids is 1. The van der Waals surface area contributed by atoms with Crippen LogP contribution in [0.2, 0.25) is 0 Å². The van der Waals surface area contributed by atoms with E-state index in [0.29, 0.717) is 11.3 Å². The average Bonchev–Trinajstić information content (AvgIpc) is 2.36. The van der Waals surface area contributed by atoms with Crippen molar-refractivity contribution in [2.75, 3.05) is 5.73 Å². The van der Waals surface area contributed by atoms with Gasteiger partial charge in [-0.1, -0.05) is 0 Å². The van der Waals surface area contributed by atoms with Gasteiger partial charge >= 0.3 is 0 Å². The molecular weight excluding hydrogens is 249 g/mol. The Morgan fingerprint density at radius 3 is 2.84 bits per heavy atom. The normalized spacial score (nSPS) is 10.2. The first-order chi connectivity index (χ1) is 8.99. The molecular formula is C13H12FN3O2. The summed E-state index contributed by atoms with van der Waals surface area (Å²) < 4.78 is 19.0. The lowest BCUT2D eigenvalue weighted by Crippen LogP contribution is -2.13. The van der Waals surface area contributed by atoms with Crippen molar-refractivity contribution in [2.24, 2.45) is 5.73 Å². The summed E-state index contributed by atoms with van der Waals surface area (Å²) in [6.45, 7) is 1.72. The number of aryl methyl sites for hydroxylation is 1. The second kappa shape index (κ2) is 4.93. The Morgan fingerprint density at radius 2 is 2.16 bits per heavy atom. The number of halogens is 1. The third kappa shape index (κ3) is 2.62. The first kappa shape index (κ1) is 12.8. The maximum absolute atomic E-state index is 13.7. The van der Waals surface area contributed by atoms with E-state index >= 15 is 0 Å². The minimum atomic E-state index is -0.698. The lowest BCUT2D eigenvalue weighted by Gasteiger charge is -2.10. The Hall–Kier alpha value is -2.63. The Bertz CT molecular complexity index is 644. The fourth-order valence-corrected chi connectivity index (χ4v) is 1.51. The van der Waals surface area contributed by atoms with Crippen molar-refractivity contribution in [3.8, 4) is 11.6 Å². The molecule has 1 aromatic heterocycles. The summed E-state index contributed by atoms with van der Waals surface area (Å²) in [4.78, 5) is 15.1. The molecule has 5 nitrogen and oxygen atoms in total. The first-order valence-corrected chi connectivity index (χ1v) is 5.47. The van der Waals surface area contributed by atoms with Crippen molar-refractivity contribution in [3.05, 3.63) is 47.4 Å². The number of primary amides is 1. The highest BCUT2D eigenvalue weighted by Crippen LogP contribution is 2.28. The van der Waals surface area contributed by atoms with Gasteiger partial charge in [0.25, 0.3) is 5.91 Å². The average molecular weight is 261 g/mol. The van der Waals surface area contributed by atoms with Crippen molar-refractivity contribution < 1.29 is 13.9 Å². The van der Waals surface area contributed by atoms with Crippen molar-refractivity contribution in [3.63, 3.8) is 0 Å². The van der Waals surface area contributed by atoms with E-state index in [2.05, 4.69) is 4.98 Å². The van der Waals surface area contributed by atoms with Gasteiger partial charge in [0.2, 0.25) is 5.88 Å². The molecule has 0 fully saturated rings. The number of anilines is 1. The predicted octanol–water partition coefficient (Wildman–Crippen LogP) is 2.00. The van der Waals surface area contributed by atoms with E-state index in [9.17, 15) is 9.18 Å². The molecule has 1 aromatic carbocycles. The monoisotopic (exact) mass is 261 g/mol. The summed E-state index contributed by atoms with van der Waals surface area (Å²) in [5, 5.41) is 0. The van der Waals surface area contributed by atoms with Crippen LogP contribution in [0.5, 0.6) is 11.6 Å². The van der Waals surface area contributed by atoms with Crippen LogP contribution in [0, 0.1) is 12.7 Å². The van der Waals surface area contributed by atoms with Crippen LogP contribution in [0.4, 0.5) is 10.1 Å². The maximum atomic E-state index is 13.7. The summed E-state index contributed by atoms with van der Waals surface area (Å²) in [6.07, 6.45) is 1.42. The number of nitrogen functional groups attached to an aromatic ring is 1. The van der Waals surface area contributed by atoms with Gasteiger partial charge in [0.15, 0.2) is 11.6 Å². The number of nitrogens with zero attached hydrogens (tertiary/aromatic N) is 1. The molecule has 0 saturated heterocycles. The smallest absolute Gasteiger partial charge is 0.254 e. The highest BCUT2D eigenvalue weighted by molar-refractivity contribution is 5.95. The third-order valence-corrected chi connectivity index (χ3v) is 2.56. The standard InChI is InChI=1S/C13H12FN3O2/c1-7-5-11(9(14)6-10(7)15)19-13-8(12(16)18)3-2-4-17-13/h2-6H,15H2,1H3,(H2,16,18). The molecule has 2 aromatic rings. The molecule has 0 radical (unpaired) electrons. The molecule has 0 spiro atoms. The molecule has 1 amide bonds. The highest BCUT2D eigenvalue weighted by Gasteiger charge is 2.14. The van der Waals surface area contributed by atoms with Crippen molar-refractivity contribution in [2.45, 2.75) is 6.92 Å². The van der Waals surface area contributed by atoms with E-state index in [0.717, 1.165) is 6.07 Å². The Labute approximate surface area is 109 Å². The number of hydrogen-bond acceptors (Lipinski definition) is 4. The molecule has 0 unspecified atom stereocenters. The van der Waals surface area contributed by atoms with E-state index in [1.165, 1.54) is 24.4 Å². The zero-order valence-electron chi connectivity index (χ0n) is 10.2. The molecule has 0 bridgehead atoms. The van der Waals surface area contributed by atoms with Gasteiger partial charge in [-0.25, -0.2) is 9.37 Å². The lowest BCUT2D eigenvalue weighted by atomic mass is 10.2. The number of aromatic nitrogens is 1. The van der Waals surface area contributed by atoms with Crippen LogP contribution in [0.3, 0.4) is 0 Å². The molecule has 0 aliphatic carbocycles. The van der Waals surface area contributed by atoms with Crippen molar-refractivity contribution in [1.29, 1.82) is 0 Å². The zero-order chi connectivity index (χ0) is 14.0. The number of benzene rings is 1. The fraction of sp³-hybridized carbons (Fsp3) is 0.0769. The second-order valence-corrected chi connectivity index (χ2v) is 3.96. The SMILES string of the molecule is Cc1cc(Oc2ncccc2C(N)=O)c(F)cc1N. The number of hydrogen-bond donors (Lipinski definition) is 2. The summed E-state index contributed by atoms with van der Waals surface area (Å²) in [7, 11) is 0. The number of pyridine rings is 1. The van der Waals surface area contributed by atoms with Gasteiger partial charge in [0.1, 0.15) is 5.56 Å². The van der Waals surface area contributed by atoms with E-state index in [4.69, 9.17) is 16.2 Å². The Kier molecular flexibility index (Phi) is 3.33. The molecule has 19 heavy (non-hydrogen) atoms. The van der Waals surface area contributed by atoms with Crippen molar-refractivity contribution in [1.82, 2.24) is 4.98 Å². The van der Waals surface area contributed by atoms with Gasteiger partial charge in [0, 0.05) is 18.0 Å². The third-order valence-electron chi connectivity index (χ3n) is 2.56. The lowest BCUT2D eigenvalue weighted by molar-refractivity contribution is 0.0997. The number of nitrogens with two attached hydrogens (primary N) is 2. The number of carbonyl (C=O) groups is 1. The van der Waals surface area contributed by atoms with Gasteiger partial charge in [0.05, 0.1) is 0 Å². The summed E-state index contributed by atoms with van der Waals surface area (Å²) in [6, 6.07) is 5.58. The fourth-order valence-electron chi connectivity index (χ4n) is 1.51. The molecule has 0 saturated carbocycles.